The first-order valence-corrected chi connectivity index (χ1v) is 5.96. The molecule has 13 heavy (non-hydrogen) atoms. The van der Waals surface area contributed by atoms with E-state index in [4.69, 9.17) is 0 Å². The summed E-state index contributed by atoms with van der Waals surface area (Å²) in [5, 5.41) is 9.45. The first-order chi connectivity index (χ1) is 6.43. The Balaban J connectivity index is 0.000000145. The molecule has 0 aliphatic carbocycles. The molecule has 0 spiro atoms. The van der Waals surface area contributed by atoms with E-state index in [1.165, 1.54) is 0 Å². The maximum Gasteiger partial charge on any atom is 0.0265 e. The van der Waals surface area contributed by atoms with Crippen LogP contribution in [0.4, 0.5) is 0 Å². The van der Waals surface area contributed by atoms with Crippen LogP contribution in [-0.4, -0.2) is 31.2 Å². The fourth-order valence-electron chi connectivity index (χ4n) is 0.976. The van der Waals surface area contributed by atoms with Gasteiger partial charge in [-0.3, -0.25) is 0 Å². The average Bonchev–Trinajstić information content (AvgIpc) is 2.77. The summed E-state index contributed by atoms with van der Waals surface area (Å²) in [5.41, 5.74) is 0. The van der Waals surface area contributed by atoms with Crippen molar-refractivity contribution < 1.29 is 0 Å². The van der Waals surface area contributed by atoms with E-state index in [-0.39, 0.29) is 0 Å². The topological polar surface area (TPSA) is 27.3 Å². The molecule has 1 saturated heterocycles. The van der Waals surface area contributed by atoms with Gasteiger partial charge in [-0.15, -0.1) is 0 Å². The highest BCUT2D eigenvalue weighted by molar-refractivity contribution is 9.08. The maximum atomic E-state index is 3.25. The molecule has 2 N–H and O–H groups in total. The number of halogens is 1. The van der Waals surface area contributed by atoms with Crippen LogP contribution in [0.2, 0.25) is 0 Å². The van der Waals surface area contributed by atoms with Crippen molar-refractivity contribution in [3.05, 3.63) is 22.9 Å². The lowest BCUT2D eigenvalue weighted by Crippen LogP contribution is -2.46. The van der Waals surface area contributed by atoms with Gasteiger partial charge in [-0.25, -0.2) is 5.01 Å². The fraction of sp³-hybridized carbons (Fsp3) is 0.500. The predicted octanol–water partition coefficient (Wildman–Crippen LogP) is 1.45. The molecule has 0 unspecified atom stereocenters. The third-order valence-corrected chi connectivity index (χ3v) is 2.79. The van der Waals surface area contributed by atoms with E-state index in [0.29, 0.717) is 0 Å². The average molecular weight is 264 g/mol. The summed E-state index contributed by atoms with van der Waals surface area (Å²) in [5.74, 6) is 0. The van der Waals surface area contributed by atoms with Crippen LogP contribution < -0.4 is 9.77 Å². The lowest BCUT2D eigenvalue weighted by Gasteiger charge is -2.24. The largest absolute Gasteiger partial charge is 0.314 e. The number of thiophene rings is 1. The normalized spacial score (nSPS) is 17.6. The van der Waals surface area contributed by atoms with Crippen LogP contribution in [0.1, 0.15) is 0 Å². The van der Waals surface area contributed by atoms with E-state index in [2.05, 4.69) is 30.9 Å². The van der Waals surface area contributed by atoms with E-state index in [1.54, 1.807) is 11.3 Å². The Bertz CT molecular complexity index is 170. The quantitative estimate of drug-likeness (QED) is 0.752. The Morgan fingerprint density at radius 1 is 1.23 bits per heavy atom. The van der Waals surface area contributed by atoms with Crippen LogP contribution in [0.5, 0.6) is 0 Å². The molecule has 1 fully saturated rings. The lowest BCUT2D eigenvalue weighted by molar-refractivity contribution is 0.224. The van der Waals surface area contributed by atoms with Crippen LogP contribution >= 0.6 is 27.5 Å². The minimum absolute atomic E-state index is 1.07. The SMILES string of the molecule is BrNN1CCNCC1.c1ccsc1. The summed E-state index contributed by atoms with van der Waals surface area (Å²) in [4.78, 5) is 0. The third-order valence-electron chi connectivity index (χ3n) is 1.66. The molecular weight excluding hydrogens is 250 g/mol. The highest BCUT2D eigenvalue weighted by atomic mass is 79.9. The van der Waals surface area contributed by atoms with Gasteiger partial charge in [-0.2, -0.15) is 15.8 Å². The van der Waals surface area contributed by atoms with Gasteiger partial charge in [0.1, 0.15) is 0 Å². The van der Waals surface area contributed by atoms with Gasteiger partial charge >= 0.3 is 0 Å². The zero-order chi connectivity index (χ0) is 9.36. The van der Waals surface area contributed by atoms with Gasteiger partial charge < -0.3 is 5.32 Å². The van der Waals surface area contributed by atoms with Crippen LogP contribution in [0.25, 0.3) is 0 Å². The molecule has 1 aromatic rings. The summed E-state index contributed by atoms with van der Waals surface area (Å²) in [6.45, 7) is 4.31. The second kappa shape index (κ2) is 7.46. The summed E-state index contributed by atoms with van der Waals surface area (Å²) < 4.78 is 2.91. The standard InChI is InChI=1S/C4H10BrN3.C4H4S/c5-7-8-3-1-6-2-4-8;1-2-4-5-3-1/h6-7H,1-4H2;1-4H. The van der Waals surface area contributed by atoms with Crippen LogP contribution in [0.15, 0.2) is 22.9 Å². The van der Waals surface area contributed by atoms with Crippen LogP contribution in [0.3, 0.4) is 0 Å². The summed E-state index contributed by atoms with van der Waals surface area (Å²) >= 11 is 4.87. The molecule has 1 aliphatic heterocycles. The van der Waals surface area contributed by atoms with Crippen molar-refractivity contribution in [1.82, 2.24) is 14.8 Å². The molecule has 0 radical (unpaired) electrons. The van der Waals surface area contributed by atoms with E-state index < -0.39 is 0 Å². The van der Waals surface area contributed by atoms with Crippen molar-refractivity contribution in [3.63, 3.8) is 0 Å². The number of hydrogen-bond donors (Lipinski definition) is 2. The smallest absolute Gasteiger partial charge is 0.0265 e. The van der Waals surface area contributed by atoms with Crippen molar-refractivity contribution in [2.45, 2.75) is 0 Å². The predicted molar refractivity (Wildman–Crippen MR) is 60.8 cm³/mol. The summed E-state index contributed by atoms with van der Waals surface area (Å²) in [7, 11) is 0. The fourth-order valence-corrected chi connectivity index (χ4v) is 1.78. The molecule has 0 atom stereocenters. The minimum atomic E-state index is 1.07. The molecule has 5 heteroatoms. The van der Waals surface area contributed by atoms with Gasteiger partial charge in [0.15, 0.2) is 0 Å². The molecule has 0 amide bonds. The first kappa shape index (κ1) is 11.1. The highest BCUT2D eigenvalue weighted by Crippen LogP contribution is 1.91. The first-order valence-electron chi connectivity index (χ1n) is 4.22. The summed E-state index contributed by atoms with van der Waals surface area (Å²) in [6, 6.07) is 4.04. The zero-order valence-electron chi connectivity index (χ0n) is 7.37. The molecule has 0 aromatic carbocycles. The Hall–Kier alpha value is 0.0600. The molecule has 2 rings (SSSR count). The van der Waals surface area contributed by atoms with Crippen molar-refractivity contribution in [1.29, 1.82) is 0 Å². The van der Waals surface area contributed by atoms with Gasteiger partial charge in [0.2, 0.25) is 0 Å². The molecular formula is C8H14BrN3S. The number of nitrogens with zero attached hydrogens (tertiary/aromatic N) is 1. The molecule has 0 saturated carbocycles. The van der Waals surface area contributed by atoms with E-state index in [9.17, 15) is 0 Å². The number of hydrogen-bond acceptors (Lipinski definition) is 4. The third kappa shape index (κ3) is 5.38. The van der Waals surface area contributed by atoms with E-state index in [1.807, 2.05) is 22.9 Å². The van der Waals surface area contributed by atoms with Crippen LogP contribution in [0, 0.1) is 0 Å². The van der Waals surface area contributed by atoms with Crippen molar-refractivity contribution in [2.24, 2.45) is 0 Å². The van der Waals surface area contributed by atoms with Gasteiger partial charge in [0, 0.05) is 42.3 Å². The zero-order valence-corrected chi connectivity index (χ0v) is 9.77. The second-order valence-electron chi connectivity index (χ2n) is 2.61. The molecule has 0 bridgehead atoms. The molecule has 2 heterocycles. The maximum absolute atomic E-state index is 3.25. The Kier molecular flexibility index (Phi) is 6.39. The molecule has 74 valence electrons. The molecule has 1 aliphatic rings. The number of rotatable bonds is 1. The van der Waals surface area contributed by atoms with Crippen molar-refractivity contribution in [3.8, 4) is 0 Å². The Labute approximate surface area is 91.4 Å². The monoisotopic (exact) mass is 263 g/mol. The van der Waals surface area contributed by atoms with Crippen molar-refractivity contribution >= 4 is 27.5 Å². The number of hydrazine groups is 1. The Morgan fingerprint density at radius 2 is 1.85 bits per heavy atom. The van der Waals surface area contributed by atoms with Gasteiger partial charge in [0.05, 0.1) is 0 Å². The minimum Gasteiger partial charge on any atom is -0.314 e. The Morgan fingerprint density at radius 3 is 2.15 bits per heavy atom. The summed E-state index contributed by atoms with van der Waals surface area (Å²) in [6.07, 6.45) is 0. The molecule has 1 aromatic heterocycles. The second-order valence-corrected chi connectivity index (χ2v) is 3.79. The van der Waals surface area contributed by atoms with Crippen molar-refractivity contribution in [2.75, 3.05) is 26.2 Å². The lowest BCUT2D eigenvalue weighted by atomic mass is 10.4. The van der Waals surface area contributed by atoms with Gasteiger partial charge in [0.25, 0.3) is 0 Å². The number of piperazine rings is 1. The molecule has 3 nitrogen and oxygen atoms in total. The van der Waals surface area contributed by atoms with Crippen LogP contribution in [-0.2, 0) is 0 Å². The van der Waals surface area contributed by atoms with Gasteiger partial charge in [-0.1, -0.05) is 12.1 Å². The highest BCUT2D eigenvalue weighted by Gasteiger charge is 2.05. The number of nitrogens with one attached hydrogen (secondary N) is 2. The van der Waals surface area contributed by atoms with Gasteiger partial charge in [-0.05, 0) is 10.8 Å². The van der Waals surface area contributed by atoms with E-state index >= 15 is 0 Å². The van der Waals surface area contributed by atoms with E-state index in [0.717, 1.165) is 26.2 Å².